The maximum Gasteiger partial charge on any atom is 0.246 e. The van der Waals surface area contributed by atoms with Crippen LogP contribution in [0.5, 0.6) is 0 Å². The first-order valence-electron chi connectivity index (χ1n) is 7.62. The molecule has 4 heteroatoms. The van der Waals surface area contributed by atoms with Gasteiger partial charge in [-0.15, -0.1) is 0 Å². The number of benzene rings is 1. The molecule has 0 bridgehead atoms. The lowest BCUT2D eigenvalue weighted by Gasteiger charge is -2.47. The summed E-state index contributed by atoms with van der Waals surface area (Å²) in [6.07, 6.45) is 1.25. The summed E-state index contributed by atoms with van der Waals surface area (Å²) >= 11 is 0. The summed E-state index contributed by atoms with van der Waals surface area (Å²) in [5.74, 6) is -0.0351. The molecule has 2 rings (SSSR count). The van der Waals surface area contributed by atoms with Gasteiger partial charge >= 0.3 is 0 Å². The molecule has 1 saturated heterocycles. The summed E-state index contributed by atoms with van der Waals surface area (Å²) in [5.41, 5.74) is 1.50. The van der Waals surface area contributed by atoms with Crippen LogP contribution in [0, 0.1) is 6.92 Å². The first-order chi connectivity index (χ1) is 9.94. The summed E-state index contributed by atoms with van der Waals surface area (Å²) < 4.78 is 0. The second-order valence-electron chi connectivity index (χ2n) is 5.85. The van der Waals surface area contributed by atoms with Crippen molar-refractivity contribution in [1.82, 2.24) is 10.2 Å². The quantitative estimate of drug-likeness (QED) is 0.925. The fourth-order valence-corrected chi connectivity index (χ4v) is 3.14. The number of hydrogen-bond donors (Lipinski definition) is 1. The minimum atomic E-state index is -0.729. The monoisotopic (exact) mass is 288 g/mol. The fourth-order valence-electron chi connectivity index (χ4n) is 3.14. The van der Waals surface area contributed by atoms with Gasteiger partial charge in [-0.05, 0) is 32.3 Å². The van der Waals surface area contributed by atoms with Crippen molar-refractivity contribution >= 4 is 11.8 Å². The number of amides is 2. The standard InChI is InChI=1S/C17H24N2O2/c1-5-17(6-2)16(21)18-13(4)15(20)19(17)11-14-9-7-8-12(3)10-14/h7-10,13H,5-6,11H2,1-4H3,(H,18,21). The van der Waals surface area contributed by atoms with E-state index in [1.165, 1.54) is 0 Å². The lowest BCUT2D eigenvalue weighted by atomic mass is 9.85. The van der Waals surface area contributed by atoms with E-state index in [2.05, 4.69) is 11.4 Å². The third-order valence-electron chi connectivity index (χ3n) is 4.52. The third-order valence-corrected chi connectivity index (χ3v) is 4.52. The Labute approximate surface area is 126 Å². The van der Waals surface area contributed by atoms with Gasteiger partial charge in [0.2, 0.25) is 11.8 Å². The molecule has 1 heterocycles. The summed E-state index contributed by atoms with van der Waals surface area (Å²) in [5, 5.41) is 2.82. The van der Waals surface area contributed by atoms with Crippen LogP contribution in [-0.4, -0.2) is 28.3 Å². The molecule has 1 unspecified atom stereocenters. The van der Waals surface area contributed by atoms with Crippen molar-refractivity contribution in [3.05, 3.63) is 35.4 Å². The third kappa shape index (κ3) is 2.67. The van der Waals surface area contributed by atoms with Crippen molar-refractivity contribution in [3.63, 3.8) is 0 Å². The molecule has 21 heavy (non-hydrogen) atoms. The molecule has 1 fully saturated rings. The van der Waals surface area contributed by atoms with Gasteiger partial charge in [-0.1, -0.05) is 43.7 Å². The highest BCUT2D eigenvalue weighted by molar-refractivity contribution is 5.99. The maximum absolute atomic E-state index is 12.6. The number of hydrogen-bond acceptors (Lipinski definition) is 2. The van der Waals surface area contributed by atoms with E-state index in [4.69, 9.17) is 0 Å². The van der Waals surface area contributed by atoms with Crippen molar-refractivity contribution in [2.45, 2.75) is 58.7 Å². The lowest BCUT2D eigenvalue weighted by Crippen LogP contribution is -2.69. The van der Waals surface area contributed by atoms with E-state index in [0.717, 1.165) is 11.1 Å². The Morgan fingerprint density at radius 1 is 1.24 bits per heavy atom. The van der Waals surface area contributed by atoms with Crippen molar-refractivity contribution in [2.75, 3.05) is 0 Å². The zero-order chi connectivity index (χ0) is 15.6. The molecule has 1 aliphatic rings. The van der Waals surface area contributed by atoms with Gasteiger partial charge in [0, 0.05) is 6.54 Å². The predicted octanol–water partition coefficient (Wildman–Crippen LogP) is 2.40. The van der Waals surface area contributed by atoms with E-state index < -0.39 is 11.6 Å². The van der Waals surface area contributed by atoms with Gasteiger partial charge in [-0.3, -0.25) is 9.59 Å². The largest absolute Gasteiger partial charge is 0.343 e. The van der Waals surface area contributed by atoms with Crippen LogP contribution >= 0.6 is 0 Å². The van der Waals surface area contributed by atoms with Crippen molar-refractivity contribution in [3.8, 4) is 0 Å². The Balaban J connectivity index is 2.39. The van der Waals surface area contributed by atoms with Crippen molar-refractivity contribution < 1.29 is 9.59 Å². The molecule has 1 aromatic carbocycles. The molecule has 114 valence electrons. The van der Waals surface area contributed by atoms with Crippen LogP contribution in [0.15, 0.2) is 24.3 Å². The second kappa shape index (κ2) is 5.88. The van der Waals surface area contributed by atoms with Crippen LogP contribution < -0.4 is 5.32 Å². The van der Waals surface area contributed by atoms with Crippen LogP contribution in [0.2, 0.25) is 0 Å². The molecule has 1 aromatic rings. The van der Waals surface area contributed by atoms with Gasteiger partial charge in [0.25, 0.3) is 0 Å². The number of aryl methyl sites for hydroxylation is 1. The van der Waals surface area contributed by atoms with Gasteiger partial charge in [0.15, 0.2) is 0 Å². The summed E-state index contributed by atoms with van der Waals surface area (Å²) in [4.78, 5) is 26.9. The smallest absolute Gasteiger partial charge is 0.246 e. The lowest BCUT2D eigenvalue weighted by molar-refractivity contribution is -0.158. The van der Waals surface area contributed by atoms with Crippen LogP contribution in [-0.2, 0) is 16.1 Å². The molecular weight excluding hydrogens is 264 g/mol. The van der Waals surface area contributed by atoms with Gasteiger partial charge in [-0.25, -0.2) is 0 Å². The molecule has 0 aliphatic carbocycles. The Morgan fingerprint density at radius 3 is 2.48 bits per heavy atom. The number of carbonyl (C=O) groups excluding carboxylic acids is 2. The zero-order valence-corrected chi connectivity index (χ0v) is 13.3. The minimum absolute atomic E-state index is 0.000180. The Kier molecular flexibility index (Phi) is 4.35. The highest BCUT2D eigenvalue weighted by Gasteiger charge is 2.48. The van der Waals surface area contributed by atoms with Crippen molar-refractivity contribution in [1.29, 1.82) is 0 Å². The van der Waals surface area contributed by atoms with E-state index in [1.807, 2.05) is 39.0 Å². The summed E-state index contributed by atoms with van der Waals surface area (Å²) in [6.45, 7) is 8.20. The first kappa shape index (κ1) is 15.5. The highest BCUT2D eigenvalue weighted by atomic mass is 16.2. The molecular formula is C17H24N2O2. The number of nitrogens with one attached hydrogen (secondary N) is 1. The van der Waals surface area contributed by atoms with E-state index in [1.54, 1.807) is 11.8 Å². The normalized spacial score (nSPS) is 21.3. The Hall–Kier alpha value is -1.84. The van der Waals surface area contributed by atoms with Gasteiger partial charge < -0.3 is 10.2 Å². The average Bonchev–Trinajstić information content (AvgIpc) is 2.46. The number of piperazine rings is 1. The molecule has 0 aromatic heterocycles. The van der Waals surface area contributed by atoms with Crippen molar-refractivity contribution in [2.24, 2.45) is 0 Å². The van der Waals surface area contributed by atoms with E-state index in [9.17, 15) is 9.59 Å². The topological polar surface area (TPSA) is 49.4 Å². The number of rotatable bonds is 4. The van der Waals surface area contributed by atoms with Gasteiger partial charge in [0.05, 0.1) is 0 Å². The highest BCUT2D eigenvalue weighted by Crippen LogP contribution is 2.30. The molecule has 1 aliphatic heterocycles. The SMILES string of the molecule is CCC1(CC)C(=O)NC(C)C(=O)N1Cc1cccc(C)c1. The van der Waals surface area contributed by atoms with Crippen LogP contribution in [0.1, 0.15) is 44.7 Å². The first-order valence-corrected chi connectivity index (χ1v) is 7.62. The Bertz CT molecular complexity index is 549. The second-order valence-corrected chi connectivity index (χ2v) is 5.85. The number of nitrogens with zero attached hydrogens (tertiary/aromatic N) is 1. The maximum atomic E-state index is 12.6. The van der Waals surface area contributed by atoms with Crippen LogP contribution in [0.4, 0.5) is 0 Å². The predicted molar refractivity (Wildman–Crippen MR) is 82.6 cm³/mol. The van der Waals surface area contributed by atoms with Gasteiger partial charge in [0.1, 0.15) is 11.6 Å². The van der Waals surface area contributed by atoms with Gasteiger partial charge in [-0.2, -0.15) is 0 Å². The average molecular weight is 288 g/mol. The molecule has 0 saturated carbocycles. The summed E-state index contributed by atoms with van der Waals surface area (Å²) in [6, 6.07) is 7.65. The molecule has 0 spiro atoms. The van der Waals surface area contributed by atoms with Crippen LogP contribution in [0.3, 0.4) is 0 Å². The van der Waals surface area contributed by atoms with Crippen LogP contribution in [0.25, 0.3) is 0 Å². The molecule has 1 atom stereocenters. The summed E-state index contributed by atoms with van der Waals surface area (Å²) in [7, 11) is 0. The van der Waals surface area contributed by atoms with E-state index in [-0.39, 0.29) is 11.8 Å². The minimum Gasteiger partial charge on any atom is -0.343 e. The molecule has 0 radical (unpaired) electrons. The molecule has 2 amide bonds. The Morgan fingerprint density at radius 2 is 1.90 bits per heavy atom. The zero-order valence-electron chi connectivity index (χ0n) is 13.3. The molecule has 1 N–H and O–H groups in total. The molecule has 4 nitrogen and oxygen atoms in total. The fraction of sp³-hybridized carbons (Fsp3) is 0.529. The number of carbonyl (C=O) groups is 2. The van der Waals surface area contributed by atoms with E-state index >= 15 is 0 Å². The van der Waals surface area contributed by atoms with E-state index in [0.29, 0.717) is 19.4 Å².